The topological polar surface area (TPSA) is 314 Å². The van der Waals surface area contributed by atoms with Crippen LogP contribution in [-0.4, -0.2) is 52.4 Å². The first-order chi connectivity index (χ1) is 17.8. The van der Waals surface area contributed by atoms with Crippen molar-refractivity contribution >= 4 is 35.8 Å². The molecule has 18 nitrogen and oxygen atoms in total. The summed E-state index contributed by atoms with van der Waals surface area (Å²) in [6.45, 7) is 35.6. The molecule has 19 heteroatoms. The fourth-order valence-corrected chi connectivity index (χ4v) is 1.32. The molecule has 0 radical (unpaired) electrons. The number of carbonyl (C=O) groups is 6. The van der Waals surface area contributed by atoms with E-state index in [2.05, 4.69) is 34.5 Å². The van der Waals surface area contributed by atoms with Crippen molar-refractivity contribution in [2.45, 2.75) is 56.7 Å². The van der Waals surface area contributed by atoms with E-state index in [-0.39, 0.29) is 21.1 Å². The molecule has 0 heterocycles. The first-order valence-electron chi connectivity index (χ1n) is 8.77. The number of hydrogen-bond acceptors (Lipinski definition) is 12. The Balaban J connectivity index is -0.0000000735. The molecule has 40 heavy (non-hydrogen) atoms. The van der Waals surface area contributed by atoms with Gasteiger partial charge in [-0.2, -0.15) is 0 Å². The first-order valence-corrected chi connectivity index (χ1v) is 8.77. The molecule has 0 amide bonds. The van der Waals surface area contributed by atoms with Crippen LogP contribution < -0.4 is 30.6 Å². The Hall–Kier alpha value is -4.80. The number of aliphatic carboxylic acids is 6. The average molecular weight is 645 g/mol. The second-order valence-electron chi connectivity index (χ2n) is 6.67. The molecule has 0 rings (SSSR count). The summed E-state index contributed by atoms with van der Waals surface area (Å²) >= 11 is 0. The third-order valence-corrected chi connectivity index (χ3v) is 3.53. The normalized spacial score (nSPS) is 12.2. The first kappa shape index (κ1) is 51.8. The van der Waals surface area contributed by atoms with Crippen LogP contribution in [0.2, 0.25) is 0 Å². The van der Waals surface area contributed by atoms with Gasteiger partial charge >= 0.3 is 33.9 Å². The number of nitrogens with zero attached hydrogens (tertiary/aromatic N) is 3. The number of rotatable bonds is 9. The fourth-order valence-electron chi connectivity index (χ4n) is 1.32. The van der Waals surface area contributed by atoms with E-state index in [0.29, 0.717) is 0 Å². The summed E-state index contributed by atoms with van der Waals surface area (Å²) in [5, 5.41) is 60.3. The number of carboxylic acid groups (broad SMARTS) is 6. The third-order valence-electron chi connectivity index (χ3n) is 3.53. The second kappa shape index (κ2) is 27.2. The Morgan fingerprint density at radius 3 is 0.650 bits per heavy atom. The Bertz CT molecular complexity index is 931. The van der Waals surface area contributed by atoms with Crippen LogP contribution in [0.25, 0.3) is 14.5 Å². The molecule has 0 aliphatic heterocycles. The van der Waals surface area contributed by atoms with Crippen molar-refractivity contribution in [3.8, 4) is 0 Å². The Morgan fingerprint density at radius 2 is 0.625 bits per heavy atom. The van der Waals surface area contributed by atoms with E-state index in [1.807, 2.05) is 0 Å². The van der Waals surface area contributed by atoms with Crippen LogP contribution in [0, 0.1) is 39.7 Å². The molecule has 0 fully saturated rings. The summed E-state index contributed by atoms with van der Waals surface area (Å²) in [6.07, 6.45) is -2.55. The summed E-state index contributed by atoms with van der Waals surface area (Å²) in [5.74, 6) is -9.82. The molecule has 0 bridgehead atoms. The molecule has 3 atom stereocenters. The summed E-state index contributed by atoms with van der Waals surface area (Å²) in [7, 11) is 0. The Morgan fingerprint density at radius 1 is 0.500 bits per heavy atom. The minimum Gasteiger partial charge on any atom is 0 e. The van der Waals surface area contributed by atoms with Gasteiger partial charge in [0.25, 0.3) is 16.6 Å². The quantitative estimate of drug-likeness (QED) is 0.128. The third kappa shape index (κ3) is 24.9. The van der Waals surface area contributed by atoms with Crippen LogP contribution in [0.1, 0.15) is 40.0 Å². The molecule has 216 valence electrons. The van der Waals surface area contributed by atoms with Gasteiger partial charge in [0.15, 0.2) is 0 Å². The van der Waals surface area contributed by atoms with E-state index in [0.717, 1.165) is 20.8 Å². The SMILES string of the molecule is [C-]#[N+]C(C)(CC(=O)[O-])C(=O)[O-].[C-]#[N+]C(C)(CC(=O)[O-])C(=O)[O-].[C-]#[N+]C(C)(CC(=O)[O-])C(=O)[O-].[C-]#[O+].[C-]#[O+].[C-]#[O+].[Mo]. The van der Waals surface area contributed by atoms with Crippen molar-refractivity contribution < 1.29 is 94.4 Å². The second-order valence-corrected chi connectivity index (χ2v) is 6.67. The molecule has 0 aromatic rings. The summed E-state index contributed by atoms with van der Waals surface area (Å²) < 4.78 is 22.5. The molecule has 3 unspecified atom stereocenters. The monoisotopic (exact) mass is 647 g/mol. The van der Waals surface area contributed by atoms with E-state index in [1.165, 1.54) is 0 Å². The maximum Gasteiger partial charge on any atom is 0 e. The van der Waals surface area contributed by atoms with E-state index < -0.39 is 71.7 Å². The number of carbonyl (C=O) groups excluding carboxylic acids is 6. The van der Waals surface area contributed by atoms with Crippen molar-refractivity contribution in [3.63, 3.8) is 0 Å². The maximum atomic E-state index is 10.2. The van der Waals surface area contributed by atoms with E-state index in [1.54, 1.807) is 0 Å². The Kier molecular flexibility index (Phi) is 35.3. The van der Waals surface area contributed by atoms with Crippen LogP contribution in [0.3, 0.4) is 0 Å². The summed E-state index contributed by atoms with van der Waals surface area (Å²) in [4.78, 5) is 68.2. The number of hydrogen-bond donors (Lipinski definition) is 0. The molecular formula is C21H15MoN3O15-6. The van der Waals surface area contributed by atoms with Crippen LogP contribution in [0.5, 0.6) is 0 Å². The Labute approximate surface area is 241 Å². The molecule has 0 aliphatic rings. The fraction of sp³-hybridized carbons (Fsp3) is 0.429. The molecular weight excluding hydrogens is 630 g/mol. The molecule has 0 aliphatic carbocycles. The van der Waals surface area contributed by atoms with Crippen molar-refractivity contribution in [2.24, 2.45) is 0 Å². The molecule has 0 saturated carbocycles. The predicted octanol–water partition coefficient (Wildman–Crippen LogP) is -7.45. The van der Waals surface area contributed by atoms with Gasteiger partial charge in [-0.05, 0) is 0 Å². The van der Waals surface area contributed by atoms with Gasteiger partial charge in [0, 0.05) is 59.7 Å². The van der Waals surface area contributed by atoms with Gasteiger partial charge in [0.1, 0.15) is 17.9 Å². The van der Waals surface area contributed by atoms with Gasteiger partial charge in [0.05, 0.1) is 19.3 Å². The molecule has 0 spiro atoms. The van der Waals surface area contributed by atoms with Gasteiger partial charge in [0.2, 0.25) is 0 Å². The predicted molar refractivity (Wildman–Crippen MR) is 101 cm³/mol. The minimum atomic E-state index is -2.00. The van der Waals surface area contributed by atoms with Gasteiger partial charge in [-0.15, -0.1) is 0 Å². The van der Waals surface area contributed by atoms with Gasteiger partial charge in [-0.25, -0.2) is 19.7 Å². The molecule has 0 saturated heterocycles. The maximum absolute atomic E-state index is 10.2. The summed E-state index contributed by atoms with van der Waals surface area (Å²) in [5.41, 5.74) is -6.00. The van der Waals surface area contributed by atoms with Gasteiger partial charge < -0.3 is 73.9 Å². The molecule has 0 aromatic heterocycles. The van der Waals surface area contributed by atoms with Crippen LogP contribution in [-0.2, 0) is 63.8 Å². The average Bonchev–Trinajstić information content (AvgIpc) is 2.86. The van der Waals surface area contributed by atoms with Crippen molar-refractivity contribution in [1.82, 2.24) is 0 Å². The van der Waals surface area contributed by atoms with Crippen LogP contribution in [0.4, 0.5) is 0 Å². The van der Waals surface area contributed by atoms with E-state index in [9.17, 15) is 59.4 Å². The van der Waals surface area contributed by atoms with Gasteiger partial charge in [-0.3, -0.25) is 0 Å². The van der Waals surface area contributed by atoms with Crippen LogP contribution >= 0.6 is 0 Å². The van der Waals surface area contributed by atoms with Crippen LogP contribution in [0.15, 0.2) is 0 Å². The smallest absolute Gasteiger partial charge is 0 e. The zero-order valence-corrected chi connectivity index (χ0v) is 22.5. The van der Waals surface area contributed by atoms with E-state index >= 15 is 0 Å². The molecule has 0 aromatic carbocycles. The largest absolute Gasteiger partial charge is 0 e. The van der Waals surface area contributed by atoms with E-state index in [4.69, 9.17) is 33.7 Å². The zero-order valence-electron chi connectivity index (χ0n) is 20.5. The van der Waals surface area contributed by atoms with Gasteiger partial charge in [-0.1, -0.05) is 0 Å². The van der Waals surface area contributed by atoms with Crippen molar-refractivity contribution in [2.75, 3.05) is 0 Å². The standard InChI is InChI=1S/3C6H7NO4.3CO.Mo/c3*1-6(7-2,5(10)11)3-4(8)9;3*1-2;/h3*3H2,1H3,(H,8,9)(H,10,11);;;;/p-6. The molecule has 0 N–H and O–H groups in total. The summed E-state index contributed by atoms with van der Waals surface area (Å²) in [6, 6.07) is 0. The number of carboxylic acids is 6. The zero-order chi connectivity index (χ0) is 33.2. The minimum absolute atomic E-state index is 0. The van der Waals surface area contributed by atoms with Crippen molar-refractivity contribution in [3.05, 3.63) is 54.2 Å². The van der Waals surface area contributed by atoms with Crippen molar-refractivity contribution in [1.29, 1.82) is 0 Å².